The van der Waals surface area contributed by atoms with Gasteiger partial charge in [-0.3, -0.25) is 0 Å². The summed E-state index contributed by atoms with van der Waals surface area (Å²) < 4.78 is 1.98. The number of hydrogen-bond acceptors (Lipinski definition) is 3. The molecule has 0 radical (unpaired) electrons. The number of halogens is 1. The molecule has 0 saturated heterocycles. The topological polar surface area (TPSA) is 43.8 Å². The lowest BCUT2D eigenvalue weighted by molar-refractivity contribution is 0.783. The van der Waals surface area contributed by atoms with Gasteiger partial charge in [0.1, 0.15) is 0 Å². The summed E-state index contributed by atoms with van der Waals surface area (Å²) in [6.07, 6.45) is 3.71. The second kappa shape index (κ2) is 5.58. The van der Waals surface area contributed by atoms with E-state index in [1.165, 1.54) is 0 Å². The van der Waals surface area contributed by atoms with Crippen LogP contribution in [-0.2, 0) is 7.05 Å². The molecule has 0 spiro atoms. The van der Waals surface area contributed by atoms with Crippen LogP contribution in [0.4, 0.5) is 0 Å². The van der Waals surface area contributed by atoms with Crippen LogP contribution in [0.15, 0.2) is 41.8 Å². The van der Waals surface area contributed by atoms with Crippen molar-refractivity contribution >= 4 is 23.4 Å². The van der Waals surface area contributed by atoms with Crippen LogP contribution >= 0.6 is 23.4 Å². The molecule has 2 N–H and O–H groups in total. The molecule has 90 valence electrons. The Morgan fingerprint density at radius 1 is 1.53 bits per heavy atom. The number of aromatic nitrogens is 2. The van der Waals surface area contributed by atoms with Gasteiger partial charge in [-0.1, -0.05) is 35.5 Å². The summed E-state index contributed by atoms with van der Waals surface area (Å²) in [5, 5.41) is 1.87. The second-order valence-electron chi connectivity index (χ2n) is 3.72. The third-order valence-electron chi connectivity index (χ3n) is 2.46. The molecule has 2 rings (SSSR count). The van der Waals surface area contributed by atoms with E-state index in [-0.39, 0.29) is 5.25 Å². The van der Waals surface area contributed by atoms with Gasteiger partial charge in [0.2, 0.25) is 0 Å². The van der Waals surface area contributed by atoms with Gasteiger partial charge in [0.05, 0.1) is 0 Å². The highest BCUT2D eigenvalue weighted by Crippen LogP contribution is 2.33. The van der Waals surface area contributed by atoms with E-state index in [0.29, 0.717) is 6.54 Å². The standard InChI is InChI=1S/C12H14ClN3S/c1-16-6-5-15-12(16)17-11(8-14)9-3-2-4-10(13)7-9/h2-7,11H,8,14H2,1H3. The molecule has 1 aromatic heterocycles. The number of rotatable bonds is 4. The maximum atomic E-state index is 5.99. The van der Waals surface area contributed by atoms with Crippen molar-refractivity contribution in [2.45, 2.75) is 10.4 Å². The Hall–Kier alpha value is -0.970. The largest absolute Gasteiger partial charge is 0.329 e. The first kappa shape index (κ1) is 12.5. The molecule has 0 fully saturated rings. The zero-order chi connectivity index (χ0) is 12.3. The number of hydrogen-bond donors (Lipinski definition) is 1. The lowest BCUT2D eigenvalue weighted by atomic mass is 10.1. The van der Waals surface area contributed by atoms with Crippen LogP contribution in [0.3, 0.4) is 0 Å². The van der Waals surface area contributed by atoms with E-state index in [1.807, 2.05) is 42.1 Å². The van der Waals surface area contributed by atoms with Gasteiger partial charge in [-0.05, 0) is 17.7 Å². The van der Waals surface area contributed by atoms with E-state index >= 15 is 0 Å². The van der Waals surface area contributed by atoms with E-state index in [2.05, 4.69) is 4.98 Å². The molecule has 1 atom stereocenters. The normalized spacial score (nSPS) is 12.6. The molecule has 5 heteroatoms. The Morgan fingerprint density at radius 3 is 2.94 bits per heavy atom. The van der Waals surface area contributed by atoms with Gasteiger partial charge < -0.3 is 10.3 Å². The smallest absolute Gasteiger partial charge is 0.168 e. The van der Waals surface area contributed by atoms with Crippen molar-refractivity contribution in [3.05, 3.63) is 47.2 Å². The molecule has 0 amide bonds. The number of nitrogens with zero attached hydrogens (tertiary/aromatic N) is 2. The minimum atomic E-state index is 0.176. The molecule has 0 bridgehead atoms. The Bertz CT molecular complexity index is 498. The zero-order valence-electron chi connectivity index (χ0n) is 9.51. The molecule has 2 aromatic rings. The molecule has 3 nitrogen and oxygen atoms in total. The van der Waals surface area contributed by atoms with Crippen LogP contribution in [-0.4, -0.2) is 16.1 Å². The SMILES string of the molecule is Cn1ccnc1SC(CN)c1cccc(Cl)c1. The predicted molar refractivity (Wildman–Crippen MR) is 72.3 cm³/mol. The lowest BCUT2D eigenvalue weighted by Crippen LogP contribution is -2.10. The summed E-state index contributed by atoms with van der Waals surface area (Å²) in [5.74, 6) is 0. The van der Waals surface area contributed by atoms with Gasteiger partial charge in [0.15, 0.2) is 5.16 Å². The van der Waals surface area contributed by atoms with Crippen molar-refractivity contribution in [1.29, 1.82) is 0 Å². The minimum absolute atomic E-state index is 0.176. The first-order valence-electron chi connectivity index (χ1n) is 5.30. The van der Waals surface area contributed by atoms with E-state index in [4.69, 9.17) is 17.3 Å². The molecule has 0 aliphatic carbocycles. The third-order valence-corrected chi connectivity index (χ3v) is 4.05. The summed E-state index contributed by atoms with van der Waals surface area (Å²) in [6, 6.07) is 7.80. The van der Waals surface area contributed by atoms with Gasteiger partial charge in [-0.25, -0.2) is 4.98 Å². The lowest BCUT2D eigenvalue weighted by Gasteiger charge is -2.14. The maximum Gasteiger partial charge on any atom is 0.168 e. The second-order valence-corrected chi connectivity index (χ2v) is 5.32. The number of nitrogens with two attached hydrogens (primary N) is 1. The van der Waals surface area contributed by atoms with Crippen LogP contribution in [0.25, 0.3) is 0 Å². The molecular formula is C12H14ClN3S. The maximum absolute atomic E-state index is 5.99. The average molecular weight is 268 g/mol. The number of imidazole rings is 1. The van der Waals surface area contributed by atoms with E-state index in [1.54, 1.807) is 18.0 Å². The van der Waals surface area contributed by atoms with E-state index in [0.717, 1.165) is 15.7 Å². The van der Waals surface area contributed by atoms with Gasteiger partial charge >= 0.3 is 0 Å². The van der Waals surface area contributed by atoms with Crippen LogP contribution in [0, 0.1) is 0 Å². The van der Waals surface area contributed by atoms with Crippen LogP contribution in [0.2, 0.25) is 5.02 Å². The average Bonchev–Trinajstić information content (AvgIpc) is 2.71. The fraction of sp³-hybridized carbons (Fsp3) is 0.250. The fourth-order valence-electron chi connectivity index (χ4n) is 1.55. The van der Waals surface area contributed by atoms with Crippen molar-refractivity contribution < 1.29 is 0 Å². The van der Waals surface area contributed by atoms with Crippen molar-refractivity contribution in [1.82, 2.24) is 9.55 Å². The Kier molecular flexibility index (Phi) is 4.10. The van der Waals surface area contributed by atoms with Gasteiger partial charge in [-0.15, -0.1) is 0 Å². The Morgan fingerprint density at radius 2 is 2.35 bits per heavy atom. The van der Waals surface area contributed by atoms with Gasteiger partial charge in [0.25, 0.3) is 0 Å². The Labute approximate surface area is 110 Å². The highest BCUT2D eigenvalue weighted by Gasteiger charge is 2.14. The first-order valence-corrected chi connectivity index (χ1v) is 6.56. The third kappa shape index (κ3) is 3.03. The predicted octanol–water partition coefficient (Wildman–Crippen LogP) is 2.87. The molecule has 1 unspecified atom stereocenters. The van der Waals surface area contributed by atoms with E-state index < -0.39 is 0 Å². The summed E-state index contributed by atoms with van der Waals surface area (Å²) in [6.45, 7) is 0.553. The van der Waals surface area contributed by atoms with Crippen molar-refractivity contribution in [3.8, 4) is 0 Å². The molecular weight excluding hydrogens is 254 g/mol. The monoisotopic (exact) mass is 267 g/mol. The molecule has 0 aliphatic heterocycles. The molecule has 0 aliphatic rings. The molecule has 1 aromatic carbocycles. The number of aryl methyl sites for hydroxylation is 1. The molecule has 1 heterocycles. The number of thioether (sulfide) groups is 1. The number of benzene rings is 1. The van der Waals surface area contributed by atoms with Crippen molar-refractivity contribution in [3.63, 3.8) is 0 Å². The zero-order valence-corrected chi connectivity index (χ0v) is 11.1. The van der Waals surface area contributed by atoms with Gasteiger partial charge in [0, 0.05) is 36.3 Å². The van der Waals surface area contributed by atoms with Crippen LogP contribution < -0.4 is 5.73 Å². The van der Waals surface area contributed by atoms with Crippen LogP contribution in [0.1, 0.15) is 10.8 Å². The summed E-state index contributed by atoms with van der Waals surface area (Å²) in [7, 11) is 1.97. The summed E-state index contributed by atoms with van der Waals surface area (Å²) in [5.41, 5.74) is 6.95. The van der Waals surface area contributed by atoms with E-state index in [9.17, 15) is 0 Å². The summed E-state index contributed by atoms with van der Waals surface area (Å²) >= 11 is 7.64. The van der Waals surface area contributed by atoms with Crippen LogP contribution in [0.5, 0.6) is 0 Å². The molecule has 0 saturated carbocycles. The summed E-state index contributed by atoms with van der Waals surface area (Å²) in [4.78, 5) is 4.29. The highest BCUT2D eigenvalue weighted by molar-refractivity contribution is 7.99. The first-order chi connectivity index (χ1) is 8.20. The quantitative estimate of drug-likeness (QED) is 0.867. The highest BCUT2D eigenvalue weighted by atomic mass is 35.5. The van der Waals surface area contributed by atoms with Crippen molar-refractivity contribution in [2.24, 2.45) is 12.8 Å². The molecule has 17 heavy (non-hydrogen) atoms. The minimum Gasteiger partial charge on any atom is -0.329 e. The Balaban J connectivity index is 2.20. The van der Waals surface area contributed by atoms with Crippen molar-refractivity contribution in [2.75, 3.05) is 6.54 Å². The fourth-order valence-corrected chi connectivity index (χ4v) is 2.73. The van der Waals surface area contributed by atoms with Gasteiger partial charge in [-0.2, -0.15) is 0 Å².